The van der Waals surface area contributed by atoms with Gasteiger partial charge in [-0.05, 0) is 17.5 Å². The highest BCUT2D eigenvalue weighted by atomic mass is 32.1. The maximum absolute atomic E-state index is 9.07. The lowest BCUT2D eigenvalue weighted by molar-refractivity contribution is 0.426. The first-order valence-electron chi connectivity index (χ1n) is 3.96. The van der Waals surface area contributed by atoms with Crippen LogP contribution in [0.4, 0.5) is 5.69 Å². The lowest BCUT2D eigenvalue weighted by atomic mass is 9.79. The fourth-order valence-corrected chi connectivity index (χ4v) is 2.59. The van der Waals surface area contributed by atoms with E-state index in [1.54, 1.807) is 6.07 Å². The van der Waals surface area contributed by atoms with Crippen LogP contribution in [-0.2, 0) is 0 Å². The fraction of sp³-hybridized carbons (Fsp3) is 0. The van der Waals surface area contributed by atoms with Gasteiger partial charge in [-0.15, -0.1) is 24.0 Å². The number of hydrogen-bond donors (Lipinski definition) is 4. The molecule has 3 nitrogen and oxygen atoms in total. The maximum Gasteiger partial charge on any atom is 0.490 e. The average Bonchev–Trinajstić information content (AvgIpc) is 2.58. The first-order valence-corrected chi connectivity index (χ1v) is 5.28. The molecule has 0 fully saturated rings. The molecular weight excluding hydrogens is 217 g/mol. The lowest BCUT2D eigenvalue weighted by Crippen LogP contribution is -2.32. The zero-order valence-corrected chi connectivity index (χ0v) is 8.85. The van der Waals surface area contributed by atoms with Crippen molar-refractivity contribution >= 4 is 52.3 Å². The molecule has 6 heteroatoms. The first kappa shape index (κ1) is 9.85. The molecule has 4 N–H and O–H groups in total. The molecular formula is C8H8BNO2S2. The molecule has 0 radical (unpaired) electrons. The van der Waals surface area contributed by atoms with Crippen LogP contribution in [0.3, 0.4) is 0 Å². The van der Waals surface area contributed by atoms with Crippen LogP contribution in [0.25, 0.3) is 10.1 Å². The number of benzene rings is 1. The second-order valence-electron chi connectivity index (χ2n) is 2.93. The van der Waals surface area contributed by atoms with E-state index in [-0.39, 0.29) is 0 Å². The molecule has 0 aliphatic carbocycles. The number of thiophene rings is 1. The summed E-state index contributed by atoms with van der Waals surface area (Å²) in [7, 11) is -1.55. The highest BCUT2D eigenvalue weighted by Gasteiger charge is 2.18. The van der Waals surface area contributed by atoms with Gasteiger partial charge in [0.05, 0.1) is 0 Å². The molecule has 14 heavy (non-hydrogen) atoms. The standard InChI is InChI=1S/C8H8BNO2S2/c10-7-5(9(11)12)3-6-4(8(7)13)1-2-14-6/h1-3,11-13H,10H2. The zero-order valence-electron chi connectivity index (χ0n) is 7.14. The van der Waals surface area contributed by atoms with Gasteiger partial charge in [-0.25, -0.2) is 0 Å². The maximum atomic E-state index is 9.07. The Labute approximate surface area is 90.7 Å². The van der Waals surface area contributed by atoms with Gasteiger partial charge in [-0.2, -0.15) is 0 Å². The SMILES string of the molecule is Nc1c(B(O)O)cc2sccc2c1S. The number of nitrogen functional groups attached to an aromatic ring is 1. The Morgan fingerprint density at radius 2 is 2.14 bits per heavy atom. The molecule has 0 saturated carbocycles. The van der Waals surface area contributed by atoms with Crippen LogP contribution in [0.15, 0.2) is 22.4 Å². The van der Waals surface area contributed by atoms with E-state index < -0.39 is 7.12 Å². The van der Waals surface area contributed by atoms with E-state index in [4.69, 9.17) is 15.8 Å². The highest BCUT2D eigenvalue weighted by molar-refractivity contribution is 7.80. The van der Waals surface area contributed by atoms with Crippen LogP contribution in [-0.4, -0.2) is 17.2 Å². The van der Waals surface area contributed by atoms with Gasteiger partial charge in [0.25, 0.3) is 0 Å². The van der Waals surface area contributed by atoms with Gasteiger partial charge in [0.2, 0.25) is 0 Å². The van der Waals surface area contributed by atoms with E-state index in [0.29, 0.717) is 16.0 Å². The van der Waals surface area contributed by atoms with Crippen LogP contribution in [0.1, 0.15) is 0 Å². The topological polar surface area (TPSA) is 66.5 Å². The van der Waals surface area contributed by atoms with E-state index in [9.17, 15) is 0 Å². The first-order chi connectivity index (χ1) is 6.61. The highest BCUT2D eigenvalue weighted by Crippen LogP contribution is 2.29. The summed E-state index contributed by atoms with van der Waals surface area (Å²) in [5.74, 6) is 0. The van der Waals surface area contributed by atoms with E-state index >= 15 is 0 Å². The Bertz CT molecular complexity index is 483. The third kappa shape index (κ3) is 1.40. The van der Waals surface area contributed by atoms with E-state index in [1.165, 1.54) is 11.3 Å². The predicted molar refractivity (Wildman–Crippen MR) is 63.3 cm³/mol. The van der Waals surface area contributed by atoms with Crippen molar-refractivity contribution in [1.29, 1.82) is 0 Å². The Morgan fingerprint density at radius 3 is 2.79 bits per heavy atom. The van der Waals surface area contributed by atoms with Gasteiger partial charge in [0.15, 0.2) is 0 Å². The van der Waals surface area contributed by atoms with Crippen molar-refractivity contribution in [3.63, 3.8) is 0 Å². The van der Waals surface area contributed by atoms with E-state index in [2.05, 4.69) is 12.6 Å². The van der Waals surface area contributed by atoms with Crippen LogP contribution in [0.2, 0.25) is 0 Å². The van der Waals surface area contributed by atoms with Gasteiger partial charge in [-0.3, -0.25) is 0 Å². The molecule has 0 atom stereocenters. The molecule has 2 rings (SSSR count). The molecule has 1 aromatic carbocycles. The molecule has 1 heterocycles. The summed E-state index contributed by atoms with van der Waals surface area (Å²) in [6, 6.07) is 3.59. The van der Waals surface area contributed by atoms with Gasteiger partial charge in [0, 0.05) is 26.1 Å². The average molecular weight is 225 g/mol. The van der Waals surface area contributed by atoms with Gasteiger partial charge < -0.3 is 15.8 Å². The minimum atomic E-state index is -1.55. The second-order valence-corrected chi connectivity index (χ2v) is 4.33. The lowest BCUT2D eigenvalue weighted by Gasteiger charge is -2.07. The number of rotatable bonds is 1. The Hall–Kier alpha value is -0.685. The summed E-state index contributed by atoms with van der Waals surface area (Å²) in [5.41, 5.74) is 6.36. The molecule has 0 amide bonds. The predicted octanol–water partition coefficient (Wildman–Crippen LogP) is 0.452. The van der Waals surface area contributed by atoms with E-state index in [0.717, 1.165) is 10.1 Å². The summed E-state index contributed by atoms with van der Waals surface area (Å²) < 4.78 is 0.951. The largest absolute Gasteiger partial charge is 0.490 e. The minimum absolute atomic E-state index is 0.310. The quantitative estimate of drug-likeness (QED) is 0.323. The summed E-state index contributed by atoms with van der Waals surface area (Å²) in [5, 5.41) is 21.0. The molecule has 0 spiro atoms. The number of fused-ring (bicyclic) bond motifs is 1. The molecule has 0 saturated heterocycles. The van der Waals surface area contributed by atoms with Crippen molar-refractivity contribution in [2.45, 2.75) is 4.90 Å². The van der Waals surface area contributed by atoms with Crippen LogP contribution in [0.5, 0.6) is 0 Å². The fourth-order valence-electron chi connectivity index (χ4n) is 1.34. The van der Waals surface area contributed by atoms with Crippen molar-refractivity contribution in [3.8, 4) is 0 Å². The summed E-state index contributed by atoms with van der Waals surface area (Å²) in [6.45, 7) is 0. The monoisotopic (exact) mass is 225 g/mol. The molecule has 0 aliphatic rings. The Balaban J connectivity index is 2.80. The van der Waals surface area contributed by atoms with Crippen molar-refractivity contribution in [2.24, 2.45) is 0 Å². The normalized spacial score (nSPS) is 10.8. The summed E-state index contributed by atoms with van der Waals surface area (Å²) >= 11 is 5.77. The molecule has 2 aromatic rings. The van der Waals surface area contributed by atoms with Crippen molar-refractivity contribution in [3.05, 3.63) is 17.5 Å². The molecule has 1 aromatic heterocycles. The Morgan fingerprint density at radius 1 is 1.43 bits per heavy atom. The van der Waals surface area contributed by atoms with Gasteiger partial charge >= 0.3 is 7.12 Å². The van der Waals surface area contributed by atoms with Crippen molar-refractivity contribution in [1.82, 2.24) is 0 Å². The molecule has 0 bridgehead atoms. The van der Waals surface area contributed by atoms with Crippen molar-refractivity contribution < 1.29 is 10.0 Å². The molecule has 72 valence electrons. The number of thiol groups is 1. The number of hydrogen-bond acceptors (Lipinski definition) is 5. The smallest absolute Gasteiger partial charge is 0.423 e. The van der Waals surface area contributed by atoms with Crippen LogP contribution in [0, 0.1) is 0 Å². The molecule has 0 unspecified atom stereocenters. The summed E-state index contributed by atoms with van der Waals surface area (Å²) in [6.07, 6.45) is 0. The minimum Gasteiger partial charge on any atom is -0.423 e. The molecule has 0 aliphatic heterocycles. The van der Waals surface area contributed by atoms with E-state index in [1.807, 2.05) is 11.4 Å². The van der Waals surface area contributed by atoms with Crippen LogP contribution >= 0.6 is 24.0 Å². The number of nitrogens with two attached hydrogens (primary N) is 1. The number of anilines is 1. The Kier molecular flexibility index (Phi) is 2.44. The van der Waals surface area contributed by atoms with Gasteiger partial charge in [0.1, 0.15) is 0 Å². The van der Waals surface area contributed by atoms with Gasteiger partial charge in [-0.1, -0.05) is 0 Å². The summed E-state index contributed by atoms with van der Waals surface area (Å²) in [4.78, 5) is 0.604. The van der Waals surface area contributed by atoms with Crippen LogP contribution < -0.4 is 11.2 Å². The van der Waals surface area contributed by atoms with Crippen molar-refractivity contribution in [2.75, 3.05) is 5.73 Å². The second kappa shape index (κ2) is 3.47. The zero-order chi connectivity index (χ0) is 10.3. The third-order valence-electron chi connectivity index (χ3n) is 2.08. The third-order valence-corrected chi connectivity index (χ3v) is 3.43.